The number of hydrogen-bond donors (Lipinski definition) is 1. The van der Waals surface area contributed by atoms with Crippen molar-refractivity contribution >= 4 is 11.6 Å². The van der Waals surface area contributed by atoms with Gasteiger partial charge in [0.15, 0.2) is 0 Å². The van der Waals surface area contributed by atoms with E-state index in [0.29, 0.717) is 0 Å². The molecule has 0 heterocycles. The zero-order valence-electron chi connectivity index (χ0n) is 13.3. The molecule has 112 valence electrons. The molecule has 2 rings (SSSR count). The number of hydrogen-bond acceptors (Lipinski definition) is 1. The van der Waals surface area contributed by atoms with Gasteiger partial charge < -0.3 is 5.32 Å². The van der Waals surface area contributed by atoms with Crippen LogP contribution in [0.5, 0.6) is 0 Å². The monoisotopic (exact) mass is 291 g/mol. The molecule has 0 fully saturated rings. The van der Waals surface area contributed by atoms with Crippen molar-refractivity contribution in [1.29, 1.82) is 0 Å². The quantitative estimate of drug-likeness (QED) is 0.831. The molecule has 1 amide bonds. The molecule has 1 N–H and O–H groups in total. The first-order valence-electron chi connectivity index (χ1n) is 7.50. The second-order valence-electron chi connectivity index (χ2n) is 5.88. The molecule has 0 spiro atoms. The van der Waals surface area contributed by atoms with Crippen molar-refractivity contribution in [2.24, 2.45) is 5.41 Å². The van der Waals surface area contributed by atoms with Crippen molar-refractivity contribution in [3.63, 3.8) is 0 Å². The lowest BCUT2D eigenvalue weighted by atomic mass is 9.89. The fourth-order valence-electron chi connectivity index (χ4n) is 1.76. The Morgan fingerprint density at radius 1 is 0.955 bits per heavy atom. The molecular formula is C20H21NO. The summed E-state index contributed by atoms with van der Waals surface area (Å²) in [6.45, 7) is 5.91. The van der Waals surface area contributed by atoms with Gasteiger partial charge in [0.05, 0.1) is 0 Å². The van der Waals surface area contributed by atoms with Gasteiger partial charge in [0.25, 0.3) is 0 Å². The highest BCUT2D eigenvalue weighted by molar-refractivity contribution is 5.94. The van der Waals surface area contributed by atoms with Gasteiger partial charge in [-0.25, -0.2) is 0 Å². The molecular weight excluding hydrogens is 270 g/mol. The van der Waals surface area contributed by atoms with Gasteiger partial charge in [-0.15, -0.1) is 0 Å². The van der Waals surface area contributed by atoms with Crippen molar-refractivity contribution < 1.29 is 4.79 Å². The minimum Gasteiger partial charge on any atom is -0.326 e. The Morgan fingerprint density at radius 2 is 1.50 bits per heavy atom. The number of rotatable bonds is 3. The summed E-state index contributed by atoms with van der Waals surface area (Å²) in [4.78, 5) is 12.1. The third-order valence-electron chi connectivity index (χ3n) is 3.77. The zero-order chi connectivity index (χ0) is 16.0. The summed E-state index contributed by atoms with van der Waals surface area (Å²) in [5.74, 6) is 6.28. The lowest BCUT2D eigenvalue weighted by molar-refractivity contribution is -0.124. The largest absolute Gasteiger partial charge is 0.326 e. The molecule has 0 aliphatic carbocycles. The first-order chi connectivity index (χ1) is 10.5. The van der Waals surface area contributed by atoms with Gasteiger partial charge in [0.1, 0.15) is 0 Å². The topological polar surface area (TPSA) is 29.1 Å². The third-order valence-corrected chi connectivity index (χ3v) is 3.77. The van der Waals surface area contributed by atoms with Gasteiger partial charge >= 0.3 is 0 Å². The minimum absolute atomic E-state index is 0.0399. The lowest BCUT2D eigenvalue weighted by Gasteiger charge is -2.21. The SMILES string of the molecule is CCC(C)(C)C(=O)Nc1ccc(C#Cc2ccccc2)cc1. The maximum absolute atomic E-state index is 12.1. The van der Waals surface area contributed by atoms with Crippen LogP contribution in [-0.2, 0) is 4.79 Å². The summed E-state index contributed by atoms with van der Waals surface area (Å²) < 4.78 is 0. The van der Waals surface area contributed by atoms with E-state index < -0.39 is 0 Å². The van der Waals surface area contributed by atoms with E-state index in [-0.39, 0.29) is 11.3 Å². The average Bonchev–Trinajstić information content (AvgIpc) is 2.55. The maximum atomic E-state index is 12.1. The van der Waals surface area contributed by atoms with E-state index in [1.807, 2.05) is 75.4 Å². The number of anilines is 1. The standard InChI is InChI=1S/C20H21NO/c1-4-20(2,3)19(22)21-18-14-12-17(13-15-18)11-10-16-8-6-5-7-9-16/h5-9,12-15H,4H2,1-3H3,(H,21,22). The van der Waals surface area contributed by atoms with Gasteiger partial charge in [-0.05, 0) is 42.8 Å². The lowest BCUT2D eigenvalue weighted by Crippen LogP contribution is -2.29. The van der Waals surface area contributed by atoms with E-state index in [9.17, 15) is 4.79 Å². The van der Waals surface area contributed by atoms with Gasteiger partial charge in [-0.2, -0.15) is 0 Å². The molecule has 2 aromatic rings. The average molecular weight is 291 g/mol. The van der Waals surface area contributed by atoms with Crippen LogP contribution in [0.25, 0.3) is 0 Å². The molecule has 0 bridgehead atoms. The van der Waals surface area contributed by atoms with Crippen LogP contribution in [0.4, 0.5) is 5.69 Å². The van der Waals surface area contributed by atoms with Crippen LogP contribution in [-0.4, -0.2) is 5.91 Å². The molecule has 2 nitrogen and oxygen atoms in total. The fraction of sp³-hybridized carbons (Fsp3) is 0.250. The molecule has 0 saturated heterocycles. The van der Waals surface area contributed by atoms with Crippen molar-refractivity contribution in [3.8, 4) is 11.8 Å². The van der Waals surface area contributed by atoms with E-state index in [2.05, 4.69) is 17.2 Å². The maximum Gasteiger partial charge on any atom is 0.230 e. The molecule has 0 radical (unpaired) electrons. The molecule has 22 heavy (non-hydrogen) atoms. The van der Waals surface area contributed by atoms with Crippen molar-refractivity contribution in [2.45, 2.75) is 27.2 Å². The molecule has 0 saturated carbocycles. The van der Waals surface area contributed by atoms with Crippen LogP contribution in [0.2, 0.25) is 0 Å². The molecule has 0 aliphatic rings. The third kappa shape index (κ3) is 4.23. The number of carbonyl (C=O) groups excluding carboxylic acids is 1. The van der Waals surface area contributed by atoms with Crippen LogP contribution in [0.15, 0.2) is 54.6 Å². The highest BCUT2D eigenvalue weighted by atomic mass is 16.2. The predicted molar refractivity (Wildman–Crippen MR) is 91.6 cm³/mol. The number of nitrogens with one attached hydrogen (secondary N) is 1. The number of benzene rings is 2. The molecule has 0 atom stereocenters. The number of carbonyl (C=O) groups is 1. The van der Waals surface area contributed by atoms with Crippen LogP contribution in [0, 0.1) is 17.3 Å². The zero-order valence-corrected chi connectivity index (χ0v) is 13.3. The summed E-state index contributed by atoms with van der Waals surface area (Å²) in [5.41, 5.74) is 2.36. The van der Waals surface area contributed by atoms with E-state index in [4.69, 9.17) is 0 Å². The molecule has 0 aromatic heterocycles. The van der Waals surface area contributed by atoms with Crippen LogP contribution in [0.3, 0.4) is 0 Å². The van der Waals surface area contributed by atoms with E-state index in [1.54, 1.807) is 0 Å². The van der Waals surface area contributed by atoms with E-state index in [1.165, 1.54) is 0 Å². The Hall–Kier alpha value is -2.53. The summed E-state index contributed by atoms with van der Waals surface area (Å²) >= 11 is 0. The molecule has 2 aromatic carbocycles. The van der Waals surface area contributed by atoms with Gasteiger partial charge in [-0.1, -0.05) is 50.8 Å². The van der Waals surface area contributed by atoms with Gasteiger partial charge in [0.2, 0.25) is 5.91 Å². The first kappa shape index (κ1) is 15.9. The minimum atomic E-state index is -0.355. The number of amides is 1. The molecule has 0 aliphatic heterocycles. The van der Waals surface area contributed by atoms with Gasteiger partial charge in [0, 0.05) is 22.2 Å². The van der Waals surface area contributed by atoms with Crippen molar-refractivity contribution in [1.82, 2.24) is 0 Å². The summed E-state index contributed by atoms with van der Waals surface area (Å²) in [5, 5.41) is 2.95. The second kappa shape index (κ2) is 6.95. The highest BCUT2D eigenvalue weighted by Gasteiger charge is 2.24. The normalized spacial score (nSPS) is 10.5. The summed E-state index contributed by atoms with van der Waals surface area (Å²) in [7, 11) is 0. The summed E-state index contributed by atoms with van der Waals surface area (Å²) in [6.07, 6.45) is 0.805. The molecule has 0 unspecified atom stereocenters. The van der Waals surface area contributed by atoms with Crippen molar-refractivity contribution in [2.75, 3.05) is 5.32 Å². The molecule has 2 heteroatoms. The van der Waals surface area contributed by atoms with Crippen molar-refractivity contribution in [3.05, 3.63) is 65.7 Å². The second-order valence-corrected chi connectivity index (χ2v) is 5.88. The Labute approximate surface area is 132 Å². The Morgan fingerprint density at radius 3 is 2.05 bits per heavy atom. The fourth-order valence-corrected chi connectivity index (χ4v) is 1.76. The Kier molecular flexibility index (Phi) is 5.01. The van der Waals surface area contributed by atoms with E-state index in [0.717, 1.165) is 23.2 Å². The van der Waals surface area contributed by atoms with E-state index >= 15 is 0 Å². The first-order valence-corrected chi connectivity index (χ1v) is 7.50. The highest BCUT2D eigenvalue weighted by Crippen LogP contribution is 2.22. The smallest absolute Gasteiger partial charge is 0.230 e. The van der Waals surface area contributed by atoms with Crippen LogP contribution < -0.4 is 5.32 Å². The Balaban J connectivity index is 2.05. The predicted octanol–water partition coefficient (Wildman–Crippen LogP) is 4.46. The summed E-state index contributed by atoms with van der Waals surface area (Å²) in [6, 6.07) is 17.5. The van der Waals surface area contributed by atoms with Crippen LogP contribution >= 0.6 is 0 Å². The van der Waals surface area contributed by atoms with Gasteiger partial charge in [-0.3, -0.25) is 4.79 Å². The van der Waals surface area contributed by atoms with Crippen LogP contribution in [0.1, 0.15) is 38.3 Å². The Bertz CT molecular complexity index is 688.